The summed E-state index contributed by atoms with van der Waals surface area (Å²) in [5, 5.41) is 12.3. The second-order valence-corrected chi connectivity index (χ2v) is 14.6. The largest absolute Gasteiger partial charge is 0.485 e. The summed E-state index contributed by atoms with van der Waals surface area (Å²) in [5.41, 5.74) is 7.12. The number of carbonyl (C=O) groups excluding carboxylic acids is 1. The van der Waals surface area contributed by atoms with Gasteiger partial charge in [-0.05, 0) is 92.1 Å². The summed E-state index contributed by atoms with van der Waals surface area (Å²) in [7, 11) is 1.82. The van der Waals surface area contributed by atoms with E-state index in [1.54, 1.807) is 0 Å². The zero-order valence-corrected chi connectivity index (χ0v) is 22.7. The van der Waals surface area contributed by atoms with Gasteiger partial charge < -0.3 is 20.3 Å². The summed E-state index contributed by atoms with van der Waals surface area (Å²) < 4.78 is 13.6. The molecule has 3 N–H and O–H groups in total. The highest BCUT2D eigenvalue weighted by Gasteiger charge is 2.82. The van der Waals surface area contributed by atoms with Gasteiger partial charge in [0.25, 0.3) is 5.91 Å². The summed E-state index contributed by atoms with van der Waals surface area (Å²) in [6.45, 7) is 8.48. The number of primary amides is 1. The Bertz CT molecular complexity index is 1150. The summed E-state index contributed by atoms with van der Waals surface area (Å²) in [6, 6.07) is 4.08. The van der Waals surface area contributed by atoms with Crippen molar-refractivity contribution in [2.45, 2.75) is 108 Å². The average molecular weight is 494 g/mol. The molecule has 36 heavy (non-hydrogen) atoms. The van der Waals surface area contributed by atoms with Crippen molar-refractivity contribution < 1.29 is 19.4 Å². The number of benzene rings is 1. The first-order chi connectivity index (χ1) is 16.9. The van der Waals surface area contributed by atoms with Crippen molar-refractivity contribution in [1.82, 2.24) is 0 Å². The third-order valence-electron chi connectivity index (χ3n) is 12.6. The Kier molecular flexibility index (Phi) is 4.50. The molecule has 1 amide bonds. The normalized spacial score (nSPS) is 43.5. The quantitative estimate of drug-likeness (QED) is 0.594. The molecule has 0 aromatic heterocycles. The standard InChI is InChI=1S/C31H43NO4/c1-27(2,3)28(4,34)22-16-29-12-13-31(22,35-5)26-30(29)11-10-18(14-17-6-7-17)21(29)15-19-8-9-20(25(32)33)24(36-26)23(19)30/h8-9,17-18,21-22,26,34H,6-7,10-16H2,1-5H3,(H2,32,33)/t18?,21-,22+,26+,28-,29+,30-,31+/m0/s1. The first-order valence-electron chi connectivity index (χ1n) is 14.3. The Labute approximate surface area is 215 Å². The molecule has 5 saturated carbocycles. The molecule has 5 fully saturated rings. The van der Waals surface area contributed by atoms with Crippen molar-refractivity contribution >= 4 is 5.91 Å². The van der Waals surface area contributed by atoms with Gasteiger partial charge in [0, 0.05) is 24.0 Å². The van der Waals surface area contributed by atoms with Crippen molar-refractivity contribution in [2.75, 3.05) is 7.11 Å². The van der Waals surface area contributed by atoms with Crippen LogP contribution in [0, 0.1) is 34.5 Å². The maximum absolute atomic E-state index is 12.6. The highest BCUT2D eigenvalue weighted by atomic mass is 16.6. The summed E-state index contributed by atoms with van der Waals surface area (Å²) in [5.74, 6) is 2.49. The lowest BCUT2D eigenvalue weighted by Gasteiger charge is -2.75. The van der Waals surface area contributed by atoms with Gasteiger partial charge in [-0.15, -0.1) is 0 Å². The van der Waals surface area contributed by atoms with Gasteiger partial charge in [0.2, 0.25) is 0 Å². The van der Waals surface area contributed by atoms with E-state index < -0.39 is 17.1 Å². The SMILES string of the molecule is CO[C@]12CC[C@@]3(C[C@@H]1[C@](C)(O)C(C)(C)C)[C@H]1Cc4ccc(C(N)=O)c5c4[C@@]3(CCC1CC1CC1)[C@H]2O5. The molecule has 1 heterocycles. The maximum atomic E-state index is 12.6. The molecule has 0 saturated heterocycles. The number of ether oxygens (including phenoxy) is 2. The van der Waals surface area contributed by atoms with Crippen LogP contribution >= 0.6 is 0 Å². The van der Waals surface area contributed by atoms with Gasteiger partial charge in [-0.25, -0.2) is 0 Å². The number of methoxy groups -OCH3 is 1. The van der Waals surface area contributed by atoms with Crippen LogP contribution in [0.25, 0.3) is 0 Å². The van der Waals surface area contributed by atoms with Gasteiger partial charge in [-0.1, -0.05) is 39.7 Å². The van der Waals surface area contributed by atoms with Crippen LogP contribution < -0.4 is 10.5 Å². The molecular formula is C31H43NO4. The number of hydrogen-bond acceptors (Lipinski definition) is 4. The maximum Gasteiger partial charge on any atom is 0.252 e. The van der Waals surface area contributed by atoms with Crippen molar-refractivity contribution in [3.63, 3.8) is 0 Å². The zero-order valence-electron chi connectivity index (χ0n) is 22.7. The number of amides is 1. The van der Waals surface area contributed by atoms with Gasteiger partial charge in [0.05, 0.1) is 11.2 Å². The van der Waals surface area contributed by atoms with Crippen LogP contribution in [0.5, 0.6) is 5.75 Å². The first kappa shape index (κ1) is 23.5. The molecule has 1 aromatic rings. The van der Waals surface area contributed by atoms with Crippen LogP contribution in [0.4, 0.5) is 0 Å². The van der Waals surface area contributed by atoms with Crippen molar-refractivity contribution in [2.24, 2.45) is 40.2 Å². The predicted molar refractivity (Wildman–Crippen MR) is 138 cm³/mol. The molecule has 8 atom stereocenters. The number of rotatable bonds is 5. The Balaban J connectivity index is 1.49. The van der Waals surface area contributed by atoms with Gasteiger partial charge >= 0.3 is 0 Å². The van der Waals surface area contributed by atoms with Crippen LogP contribution in [-0.2, 0) is 16.6 Å². The minimum absolute atomic E-state index is 0.0445. The lowest BCUT2D eigenvalue weighted by atomic mass is 9.30. The zero-order chi connectivity index (χ0) is 25.5. The molecule has 2 spiro atoms. The minimum Gasteiger partial charge on any atom is -0.485 e. The summed E-state index contributed by atoms with van der Waals surface area (Å²) in [4.78, 5) is 12.6. The lowest BCUT2D eigenvalue weighted by molar-refractivity contribution is -0.314. The molecule has 1 aliphatic heterocycles. The number of fused-ring (bicyclic) bond motifs is 2. The Morgan fingerprint density at radius 3 is 2.56 bits per heavy atom. The van der Waals surface area contributed by atoms with E-state index in [0.717, 1.165) is 49.7 Å². The van der Waals surface area contributed by atoms with E-state index in [1.807, 2.05) is 20.1 Å². The third-order valence-corrected chi connectivity index (χ3v) is 12.6. The molecule has 196 valence electrons. The minimum atomic E-state index is -0.927. The molecular weight excluding hydrogens is 450 g/mol. The van der Waals surface area contributed by atoms with Crippen LogP contribution in [0.3, 0.4) is 0 Å². The van der Waals surface area contributed by atoms with E-state index in [-0.39, 0.29) is 28.3 Å². The van der Waals surface area contributed by atoms with E-state index in [1.165, 1.54) is 36.8 Å². The highest BCUT2D eigenvalue weighted by molar-refractivity contribution is 5.97. The lowest BCUT2D eigenvalue weighted by Crippen LogP contribution is -2.80. The fraction of sp³-hybridized carbons (Fsp3) is 0.774. The van der Waals surface area contributed by atoms with Crippen molar-refractivity contribution in [3.8, 4) is 5.75 Å². The Morgan fingerprint density at radius 1 is 1.17 bits per heavy atom. The van der Waals surface area contributed by atoms with E-state index in [9.17, 15) is 9.90 Å². The molecule has 1 aromatic carbocycles. The monoisotopic (exact) mass is 493 g/mol. The third kappa shape index (κ3) is 2.49. The van der Waals surface area contributed by atoms with Crippen LogP contribution in [0.1, 0.15) is 101 Å². The summed E-state index contributed by atoms with van der Waals surface area (Å²) in [6.07, 6.45) is 10.3. The second-order valence-electron chi connectivity index (χ2n) is 14.6. The fourth-order valence-corrected chi connectivity index (χ4v) is 10.4. The number of nitrogens with two attached hydrogens (primary N) is 1. The van der Waals surface area contributed by atoms with Crippen molar-refractivity contribution in [1.29, 1.82) is 0 Å². The van der Waals surface area contributed by atoms with E-state index in [2.05, 4.69) is 26.8 Å². The fourth-order valence-electron chi connectivity index (χ4n) is 10.4. The molecule has 8 rings (SSSR count). The van der Waals surface area contributed by atoms with Gasteiger partial charge in [0.15, 0.2) is 0 Å². The van der Waals surface area contributed by atoms with Gasteiger partial charge in [-0.3, -0.25) is 4.79 Å². The Hall–Kier alpha value is -1.59. The van der Waals surface area contributed by atoms with Crippen LogP contribution in [-0.4, -0.2) is 35.4 Å². The predicted octanol–water partition coefficient (Wildman–Crippen LogP) is 5.15. The van der Waals surface area contributed by atoms with E-state index in [4.69, 9.17) is 15.2 Å². The number of hydrogen-bond donors (Lipinski definition) is 2. The molecule has 5 heteroatoms. The summed E-state index contributed by atoms with van der Waals surface area (Å²) >= 11 is 0. The van der Waals surface area contributed by atoms with E-state index in [0.29, 0.717) is 11.5 Å². The second kappa shape index (κ2) is 6.88. The smallest absolute Gasteiger partial charge is 0.252 e. The molecule has 4 bridgehead atoms. The molecule has 5 nitrogen and oxygen atoms in total. The van der Waals surface area contributed by atoms with Crippen LogP contribution in [0.2, 0.25) is 0 Å². The van der Waals surface area contributed by atoms with Crippen LogP contribution in [0.15, 0.2) is 12.1 Å². The van der Waals surface area contributed by atoms with Crippen molar-refractivity contribution in [3.05, 3.63) is 28.8 Å². The Morgan fingerprint density at radius 2 is 1.92 bits per heavy atom. The average Bonchev–Trinajstić information content (AvgIpc) is 3.56. The molecule has 6 aliphatic carbocycles. The number of carbonyl (C=O) groups is 1. The van der Waals surface area contributed by atoms with Gasteiger partial charge in [-0.2, -0.15) is 0 Å². The highest BCUT2D eigenvalue weighted by Crippen LogP contribution is 2.80. The van der Waals surface area contributed by atoms with E-state index >= 15 is 0 Å². The molecule has 0 radical (unpaired) electrons. The number of aliphatic hydroxyl groups is 1. The molecule has 7 aliphatic rings. The molecule has 1 unspecified atom stereocenters. The van der Waals surface area contributed by atoms with Gasteiger partial charge in [0.1, 0.15) is 17.5 Å². The first-order valence-corrected chi connectivity index (χ1v) is 14.3. The topological polar surface area (TPSA) is 81.8 Å².